The van der Waals surface area contributed by atoms with Crippen LogP contribution in [0.3, 0.4) is 0 Å². The average Bonchev–Trinajstić information content (AvgIpc) is 3.53. The Morgan fingerprint density at radius 2 is 1.02 bits per heavy atom. The third-order valence-electron chi connectivity index (χ3n) is 11.7. The quantitative estimate of drug-likeness (QED) is 0.0818. The minimum atomic E-state index is -4.12. The van der Waals surface area contributed by atoms with Crippen LogP contribution < -0.4 is 20.4 Å². The number of sulfone groups is 1. The first-order chi connectivity index (χ1) is 31.3. The Morgan fingerprint density at radius 1 is 0.600 bits per heavy atom. The number of esters is 1. The van der Waals surface area contributed by atoms with Crippen molar-refractivity contribution in [2.24, 2.45) is 14.1 Å². The van der Waals surface area contributed by atoms with Crippen LogP contribution in [-0.4, -0.2) is 45.1 Å². The minimum Gasteiger partial charge on any atom is -0.494 e. The van der Waals surface area contributed by atoms with Crippen LogP contribution in [0.5, 0.6) is 5.88 Å². The maximum Gasteiger partial charge on any atom is 0.351 e. The van der Waals surface area contributed by atoms with Crippen molar-refractivity contribution in [3.8, 4) is 28.4 Å². The molecule has 0 amide bonds. The second-order valence-electron chi connectivity index (χ2n) is 15.8. The molecule has 2 fully saturated rings. The zero-order valence-corrected chi connectivity index (χ0v) is 36.4. The Bertz CT molecular complexity index is 3060. The fraction of sp³-hybridized carbons (Fsp3) is 0.157. The largest absolute Gasteiger partial charge is 0.494 e. The lowest BCUT2D eigenvalue weighted by atomic mass is 9.97. The number of aromatic nitrogens is 4. The number of ketones is 2. The topological polar surface area (TPSA) is 167 Å². The maximum atomic E-state index is 12.9. The number of ether oxygens (including phenoxy) is 1. The van der Waals surface area contributed by atoms with Crippen LogP contribution in [-0.2, 0) is 33.5 Å². The summed E-state index contributed by atoms with van der Waals surface area (Å²) in [7, 11) is -1.71. The van der Waals surface area contributed by atoms with Crippen LogP contribution in [0.25, 0.3) is 28.6 Å². The monoisotopic (exact) mass is 888 g/mol. The zero-order chi connectivity index (χ0) is 45.9. The highest BCUT2D eigenvalue weighted by atomic mass is 32.2. The van der Waals surface area contributed by atoms with Gasteiger partial charge in [0.1, 0.15) is 5.56 Å². The van der Waals surface area contributed by atoms with E-state index in [1.165, 1.54) is 14.1 Å². The predicted octanol–water partition coefficient (Wildman–Crippen LogP) is 6.13. The van der Waals surface area contributed by atoms with Crippen LogP contribution in [0.4, 0.5) is 0 Å². The van der Waals surface area contributed by atoms with Crippen molar-refractivity contribution in [2.75, 3.05) is 0 Å². The summed E-state index contributed by atoms with van der Waals surface area (Å²) in [6.45, 7) is 0. The van der Waals surface area contributed by atoms with Crippen LogP contribution >= 0.6 is 0 Å². The van der Waals surface area contributed by atoms with Gasteiger partial charge in [0.15, 0.2) is 41.3 Å². The highest BCUT2D eigenvalue weighted by Gasteiger charge is 2.58. The summed E-state index contributed by atoms with van der Waals surface area (Å²) < 4.78 is 36.5. The van der Waals surface area contributed by atoms with Gasteiger partial charge in [-0.25, -0.2) is 18.0 Å². The van der Waals surface area contributed by atoms with E-state index in [9.17, 15) is 37.5 Å². The van der Waals surface area contributed by atoms with E-state index in [0.29, 0.717) is 35.1 Å². The standard InChI is InChI=1S/C36H26N2O2.C15H18N2O7S/c39-35(29-7-3-1-4-8-29)31-11-15-33(16-12-31)37-23-19-27(20-24-37)28-21-25-38(26-22-28)34-17-13-32(14-18-34)36(40)30-9-5-2-6-10-30;1-16-11(18)9(12(19)17(2)14(16)21)8-10-13(20)24-15(25(10,22)23)6-4-3-5-7-15/h1-26H;8,18H,3-7H2,1-2H3/q+2;/b;10-8+. The number of hydrogen-bond donors (Lipinski definition) is 1. The van der Waals surface area contributed by atoms with E-state index in [2.05, 4.69) is 24.3 Å². The maximum absolute atomic E-state index is 12.9. The smallest absolute Gasteiger partial charge is 0.351 e. The molecule has 9 rings (SSSR count). The molecule has 7 aromatic rings. The van der Waals surface area contributed by atoms with Gasteiger partial charge in [-0.1, -0.05) is 67.1 Å². The van der Waals surface area contributed by atoms with E-state index in [1.54, 1.807) is 0 Å². The molecule has 0 radical (unpaired) electrons. The summed E-state index contributed by atoms with van der Waals surface area (Å²) in [6.07, 6.45) is 11.4. The highest BCUT2D eigenvalue weighted by molar-refractivity contribution is 7.98. The van der Waals surface area contributed by atoms with Crippen molar-refractivity contribution in [3.63, 3.8) is 0 Å². The van der Waals surface area contributed by atoms with Gasteiger partial charge in [-0.15, -0.1) is 0 Å². The molecule has 4 aromatic carbocycles. The molecule has 1 saturated heterocycles. The highest BCUT2D eigenvalue weighted by Crippen LogP contribution is 2.45. The van der Waals surface area contributed by atoms with Gasteiger partial charge in [0.25, 0.3) is 5.56 Å². The van der Waals surface area contributed by atoms with Gasteiger partial charge in [-0.3, -0.25) is 23.5 Å². The fourth-order valence-electron chi connectivity index (χ4n) is 7.96. The SMILES string of the molecule is Cn1c(O)c(/C=C2\C(=O)OC3(CCCCC3)S2(=O)=O)c(=O)n(C)c1=O.O=C(c1ccccc1)c1ccc(-[n+]2ccc(-c3cc[n+](-c4ccc(C(=O)c5ccccc5)cc4)cc3)cc2)cc1. The lowest BCUT2D eigenvalue weighted by molar-refractivity contribution is -0.596. The molecule has 0 atom stereocenters. The summed E-state index contributed by atoms with van der Waals surface area (Å²) >= 11 is 0. The second-order valence-corrected chi connectivity index (χ2v) is 18.0. The summed E-state index contributed by atoms with van der Waals surface area (Å²) in [5, 5.41) is 10.1. The van der Waals surface area contributed by atoms with E-state index in [4.69, 9.17) is 4.74 Å². The van der Waals surface area contributed by atoms with Gasteiger partial charge in [0, 0.05) is 97.7 Å². The van der Waals surface area contributed by atoms with Crippen molar-refractivity contribution in [2.45, 2.75) is 37.0 Å². The van der Waals surface area contributed by atoms with Crippen molar-refractivity contribution in [1.82, 2.24) is 9.13 Å². The number of rotatable bonds is 8. The summed E-state index contributed by atoms with van der Waals surface area (Å²) in [5.41, 5.74) is 4.75. The van der Waals surface area contributed by atoms with E-state index < -0.39 is 48.3 Å². The Kier molecular flexibility index (Phi) is 12.2. The molecule has 2 aliphatic rings. The van der Waals surface area contributed by atoms with E-state index in [-0.39, 0.29) is 24.4 Å². The number of benzene rings is 4. The predicted molar refractivity (Wildman–Crippen MR) is 242 cm³/mol. The first-order valence-electron chi connectivity index (χ1n) is 20.9. The molecule has 326 valence electrons. The second kappa shape index (κ2) is 18.1. The van der Waals surface area contributed by atoms with Crippen LogP contribution in [0.1, 0.15) is 69.5 Å². The molecule has 0 bridgehead atoms. The Labute approximate surface area is 374 Å². The fourth-order valence-corrected chi connectivity index (χ4v) is 9.91. The molecule has 0 unspecified atom stereocenters. The minimum absolute atomic E-state index is 0.0189. The number of pyridine rings is 2. The molecular weight excluding hydrogens is 845 g/mol. The lowest BCUT2D eigenvalue weighted by Crippen LogP contribution is -2.38. The molecule has 1 N–H and O–H groups in total. The molecule has 14 heteroatoms. The van der Waals surface area contributed by atoms with Gasteiger partial charge in [0.05, 0.1) is 0 Å². The number of carbonyl (C=O) groups is 3. The molecule has 13 nitrogen and oxygen atoms in total. The van der Waals surface area contributed by atoms with E-state index in [1.807, 2.05) is 143 Å². The molecule has 1 aliphatic heterocycles. The third kappa shape index (κ3) is 8.63. The Morgan fingerprint density at radius 3 is 1.45 bits per heavy atom. The van der Waals surface area contributed by atoms with Crippen molar-refractivity contribution in [3.05, 3.63) is 212 Å². The van der Waals surface area contributed by atoms with Gasteiger partial charge >= 0.3 is 11.7 Å². The average molecular weight is 889 g/mol. The van der Waals surface area contributed by atoms with Crippen LogP contribution in [0.15, 0.2) is 173 Å². The summed E-state index contributed by atoms with van der Waals surface area (Å²) in [6, 6.07) is 42.2. The number of aromatic hydroxyl groups is 1. The molecule has 3 aromatic heterocycles. The molecular formula is C51H44N4O9S+2. The molecule has 65 heavy (non-hydrogen) atoms. The van der Waals surface area contributed by atoms with Crippen molar-refractivity contribution >= 4 is 33.4 Å². The molecule has 1 spiro atoms. The lowest BCUT2D eigenvalue weighted by Gasteiger charge is -2.29. The van der Waals surface area contributed by atoms with Crippen LogP contribution in [0.2, 0.25) is 0 Å². The van der Waals surface area contributed by atoms with Gasteiger partial charge < -0.3 is 9.84 Å². The first kappa shape index (κ1) is 43.8. The van der Waals surface area contributed by atoms with Gasteiger partial charge in [-0.05, 0) is 54.3 Å². The summed E-state index contributed by atoms with van der Waals surface area (Å²) in [5.74, 6) is -1.72. The van der Waals surface area contributed by atoms with Crippen molar-refractivity contribution in [1.29, 1.82) is 0 Å². The van der Waals surface area contributed by atoms with Gasteiger partial charge in [0.2, 0.25) is 32.0 Å². The Hall–Kier alpha value is -7.84. The van der Waals surface area contributed by atoms with E-state index >= 15 is 0 Å². The van der Waals surface area contributed by atoms with E-state index in [0.717, 1.165) is 44.1 Å². The Balaban J connectivity index is 0.000000198. The molecule has 4 heterocycles. The van der Waals surface area contributed by atoms with Gasteiger partial charge in [-0.2, -0.15) is 9.13 Å². The normalized spacial score (nSPS) is 15.5. The molecule has 1 saturated carbocycles. The first-order valence-corrected chi connectivity index (χ1v) is 22.4. The number of carbonyl (C=O) groups excluding carboxylic acids is 3. The number of hydrogen-bond acceptors (Lipinski definition) is 9. The summed E-state index contributed by atoms with van der Waals surface area (Å²) in [4.78, 5) is 59.3. The van der Waals surface area contributed by atoms with Crippen LogP contribution in [0, 0.1) is 0 Å². The third-order valence-corrected chi connectivity index (χ3v) is 14.1. The van der Waals surface area contributed by atoms with Crippen molar-refractivity contribution < 1.29 is 41.8 Å². The zero-order valence-electron chi connectivity index (χ0n) is 35.5. The number of nitrogens with zero attached hydrogens (tertiary/aromatic N) is 4. The molecule has 1 aliphatic carbocycles.